The molecule has 2 aromatic carbocycles. The normalized spacial score (nSPS) is 10.9. The van der Waals surface area contributed by atoms with Crippen molar-refractivity contribution in [3.63, 3.8) is 0 Å². The lowest BCUT2D eigenvalue weighted by molar-refractivity contribution is 0.244. The van der Waals surface area contributed by atoms with Crippen molar-refractivity contribution in [3.8, 4) is 0 Å². The van der Waals surface area contributed by atoms with Crippen LogP contribution in [0.1, 0.15) is 11.5 Å². The highest BCUT2D eigenvalue weighted by molar-refractivity contribution is 9.10. The van der Waals surface area contributed by atoms with Crippen molar-refractivity contribution < 1.29 is 9.52 Å². The fraction of sp³-hybridized carbons (Fsp3) is 0.125. The Hall–Kier alpha value is -1.78. The van der Waals surface area contributed by atoms with Gasteiger partial charge in [0, 0.05) is 15.5 Å². The molecular weight excluding hydrogens is 318 g/mol. The van der Waals surface area contributed by atoms with Crippen LogP contribution in [0, 0.1) is 0 Å². The molecule has 0 unspecified atom stereocenters. The van der Waals surface area contributed by atoms with Crippen LogP contribution >= 0.6 is 15.9 Å². The average Bonchev–Trinajstić information content (AvgIpc) is 2.95. The van der Waals surface area contributed by atoms with Gasteiger partial charge in [0.1, 0.15) is 18.1 Å². The van der Waals surface area contributed by atoms with Gasteiger partial charge in [-0.05, 0) is 29.7 Å². The number of rotatable bonds is 4. The lowest BCUT2D eigenvalue weighted by Gasteiger charge is -2.10. The Morgan fingerprint density at radius 2 is 1.70 bits per heavy atom. The quantitative estimate of drug-likeness (QED) is 0.749. The molecule has 1 aromatic heterocycles. The number of hydrogen-bond acceptors (Lipinski definition) is 3. The summed E-state index contributed by atoms with van der Waals surface area (Å²) < 4.78 is 6.55. The molecule has 0 fully saturated rings. The molecule has 0 aliphatic rings. The Morgan fingerprint density at radius 1 is 0.950 bits per heavy atom. The highest BCUT2D eigenvalue weighted by atomic mass is 79.9. The Kier molecular flexibility index (Phi) is 3.76. The molecule has 0 saturated heterocycles. The summed E-state index contributed by atoms with van der Waals surface area (Å²) >= 11 is 3.57. The number of benzene rings is 2. The van der Waals surface area contributed by atoms with E-state index in [0.717, 1.165) is 21.3 Å². The number of furan rings is 1. The van der Waals surface area contributed by atoms with E-state index < -0.39 is 0 Å². The Morgan fingerprint density at radius 3 is 2.45 bits per heavy atom. The molecule has 4 heteroatoms. The standard InChI is InChI=1S/C16H14BrNO2/c17-15-7-8-16(14-4-2-1-3-13(14)15)18-9-11-5-6-12(10-19)20-11/h1-8,18-19H,9-10H2. The van der Waals surface area contributed by atoms with Crippen LogP contribution in [0.4, 0.5) is 5.69 Å². The minimum Gasteiger partial charge on any atom is -0.462 e. The molecule has 0 amide bonds. The lowest BCUT2D eigenvalue weighted by atomic mass is 10.1. The Labute approximate surface area is 125 Å². The van der Waals surface area contributed by atoms with Gasteiger partial charge >= 0.3 is 0 Å². The van der Waals surface area contributed by atoms with Crippen LogP contribution < -0.4 is 5.32 Å². The van der Waals surface area contributed by atoms with E-state index in [1.54, 1.807) is 6.07 Å². The summed E-state index contributed by atoms with van der Waals surface area (Å²) in [5, 5.41) is 14.7. The molecule has 0 radical (unpaired) electrons. The summed E-state index contributed by atoms with van der Waals surface area (Å²) in [4.78, 5) is 0. The fourth-order valence-corrected chi connectivity index (χ4v) is 2.68. The first-order valence-electron chi connectivity index (χ1n) is 6.37. The van der Waals surface area contributed by atoms with Crippen molar-refractivity contribution in [2.45, 2.75) is 13.2 Å². The average molecular weight is 332 g/mol. The summed E-state index contributed by atoms with van der Waals surface area (Å²) in [6.07, 6.45) is 0. The molecule has 3 rings (SSSR count). The number of aliphatic hydroxyl groups excluding tert-OH is 1. The van der Waals surface area contributed by atoms with Crippen LogP contribution in [-0.4, -0.2) is 5.11 Å². The summed E-state index contributed by atoms with van der Waals surface area (Å²) in [5.41, 5.74) is 1.06. The second-order valence-electron chi connectivity index (χ2n) is 4.52. The molecule has 3 nitrogen and oxygen atoms in total. The first-order chi connectivity index (χ1) is 9.78. The molecular formula is C16H14BrNO2. The molecule has 0 atom stereocenters. The van der Waals surface area contributed by atoms with Gasteiger partial charge < -0.3 is 14.8 Å². The zero-order chi connectivity index (χ0) is 13.9. The maximum absolute atomic E-state index is 8.99. The van der Waals surface area contributed by atoms with Gasteiger partial charge in [0.25, 0.3) is 0 Å². The second-order valence-corrected chi connectivity index (χ2v) is 5.37. The fourth-order valence-electron chi connectivity index (χ4n) is 2.20. The summed E-state index contributed by atoms with van der Waals surface area (Å²) in [7, 11) is 0. The number of nitrogens with one attached hydrogen (secondary N) is 1. The molecule has 3 aromatic rings. The number of fused-ring (bicyclic) bond motifs is 1. The van der Waals surface area contributed by atoms with E-state index in [1.165, 1.54) is 5.39 Å². The molecule has 102 valence electrons. The van der Waals surface area contributed by atoms with E-state index >= 15 is 0 Å². The molecule has 0 saturated carbocycles. The highest BCUT2D eigenvalue weighted by Gasteiger charge is 2.05. The first kappa shape index (κ1) is 13.2. The molecule has 2 N–H and O–H groups in total. The van der Waals surface area contributed by atoms with Crippen LogP contribution in [0.15, 0.2) is 57.4 Å². The van der Waals surface area contributed by atoms with E-state index in [0.29, 0.717) is 12.3 Å². The van der Waals surface area contributed by atoms with Crippen molar-refractivity contribution >= 4 is 32.4 Å². The van der Waals surface area contributed by atoms with Gasteiger partial charge in [-0.1, -0.05) is 40.2 Å². The topological polar surface area (TPSA) is 45.4 Å². The van der Waals surface area contributed by atoms with E-state index in [4.69, 9.17) is 9.52 Å². The minimum absolute atomic E-state index is 0.0682. The van der Waals surface area contributed by atoms with Crippen molar-refractivity contribution in [3.05, 3.63) is 64.5 Å². The maximum atomic E-state index is 8.99. The van der Waals surface area contributed by atoms with Gasteiger partial charge in [-0.3, -0.25) is 0 Å². The number of halogens is 1. The Balaban J connectivity index is 1.86. The largest absolute Gasteiger partial charge is 0.462 e. The van der Waals surface area contributed by atoms with E-state index in [-0.39, 0.29) is 6.61 Å². The van der Waals surface area contributed by atoms with Crippen LogP contribution in [-0.2, 0) is 13.2 Å². The van der Waals surface area contributed by atoms with Crippen LogP contribution in [0.2, 0.25) is 0 Å². The number of aliphatic hydroxyl groups is 1. The van der Waals surface area contributed by atoms with Crippen LogP contribution in [0.25, 0.3) is 10.8 Å². The second kappa shape index (κ2) is 5.69. The van der Waals surface area contributed by atoms with Crippen LogP contribution in [0.5, 0.6) is 0 Å². The third kappa shape index (κ3) is 2.57. The van der Waals surface area contributed by atoms with Gasteiger partial charge in [0.05, 0.1) is 6.54 Å². The van der Waals surface area contributed by atoms with E-state index in [1.807, 2.05) is 30.3 Å². The predicted molar refractivity (Wildman–Crippen MR) is 83.6 cm³/mol. The summed E-state index contributed by atoms with van der Waals surface area (Å²) in [5.74, 6) is 1.39. The smallest absolute Gasteiger partial charge is 0.129 e. The molecule has 20 heavy (non-hydrogen) atoms. The molecule has 0 aliphatic heterocycles. The number of anilines is 1. The van der Waals surface area contributed by atoms with E-state index in [9.17, 15) is 0 Å². The van der Waals surface area contributed by atoms with Crippen molar-refractivity contribution in [1.82, 2.24) is 0 Å². The van der Waals surface area contributed by atoms with Gasteiger partial charge in [0.2, 0.25) is 0 Å². The lowest BCUT2D eigenvalue weighted by Crippen LogP contribution is -1.98. The molecule has 0 aliphatic carbocycles. The van der Waals surface area contributed by atoms with Crippen LogP contribution in [0.3, 0.4) is 0 Å². The highest BCUT2D eigenvalue weighted by Crippen LogP contribution is 2.30. The molecule has 0 bridgehead atoms. The van der Waals surface area contributed by atoms with Crippen molar-refractivity contribution in [2.75, 3.05) is 5.32 Å². The van der Waals surface area contributed by atoms with Crippen molar-refractivity contribution in [2.24, 2.45) is 0 Å². The third-order valence-electron chi connectivity index (χ3n) is 3.20. The predicted octanol–water partition coefficient (Wildman–Crippen LogP) is 4.30. The van der Waals surface area contributed by atoms with Gasteiger partial charge in [0.15, 0.2) is 0 Å². The molecule has 1 heterocycles. The number of hydrogen-bond donors (Lipinski definition) is 2. The maximum Gasteiger partial charge on any atom is 0.129 e. The van der Waals surface area contributed by atoms with Crippen molar-refractivity contribution in [1.29, 1.82) is 0 Å². The first-order valence-corrected chi connectivity index (χ1v) is 7.17. The van der Waals surface area contributed by atoms with Gasteiger partial charge in [-0.15, -0.1) is 0 Å². The monoisotopic (exact) mass is 331 g/mol. The zero-order valence-corrected chi connectivity index (χ0v) is 12.4. The van der Waals surface area contributed by atoms with Gasteiger partial charge in [-0.2, -0.15) is 0 Å². The van der Waals surface area contributed by atoms with E-state index in [2.05, 4.69) is 33.4 Å². The summed E-state index contributed by atoms with van der Waals surface area (Å²) in [6, 6.07) is 16.0. The summed E-state index contributed by atoms with van der Waals surface area (Å²) in [6.45, 7) is 0.521. The SMILES string of the molecule is OCc1ccc(CNc2ccc(Br)c3ccccc23)o1. The third-order valence-corrected chi connectivity index (χ3v) is 3.89. The zero-order valence-electron chi connectivity index (χ0n) is 10.8. The molecule has 0 spiro atoms. The minimum atomic E-state index is -0.0682. The Bertz CT molecular complexity index is 736. The van der Waals surface area contributed by atoms with Gasteiger partial charge in [-0.25, -0.2) is 0 Å².